The number of fused-ring (bicyclic) bond motifs is 2. The number of carbonyl (C=O) groups excluding carboxylic acids is 1. The second-order valence-corrected chi connectivity index (χ2v) is 13.6. The smallest absolute Gasteiger partial charge is 0.240 e. The SMILES string of the molecule is CC(C)(C)[Si](C)(C)OC[C@@H]1CCc2cc3c(c(N=C=O)c21)CCC3. The van der Waals surface area contributed by atoms with E-state index in [0.29, 0.717) is 5.92 Å². The standard InChI is InChI=1S/C20H29NO2Si/c1-20(2,3)24(4,5)23-12-16-10-9-15-11-14-7-6-8-17(14)19(18(15)16)21-13-22/h11,16H,6-10,12H2,1-5H3/t16-/m0/s1. The number of isocyanates is 1. The first-order chi connectivity index (χ1) is 11.2. The van der Waals surface area contributed by atoms with Crippen LogP contribution in [0.3, 0.4) is 0 Å². The summed E-state index contributed by atoms with van der Waals surface area (Å²) in [5.41, 5.74) is 6.27. The zero-order chi connectivity index (χ0) is 17.5. The molecule has 1 aromatic rings. The molecule has 1 aromatic carbocycles. The summed E-state index contributed by atoms with van der Waals surface area (Å²) in [4.78, 5) is 15.2. The Morgan fingerprint density at radius 2 is 2.00 bits per heavy atom. The number of hydrogen-bond acceptors (Lipinski definition) is 3. The minimum atomic E-state index is -1.76. The predicted molar refractivity (Wildman–Crippen MR) is 100 cm³/mol. The molecule has 4 heteroatoms. The highest BCUT2D eigenvalue weighted by Crippen LogP contribution is 2.46. The first-order valence-corrected chi connectivity index (χ1v) is 12.0. The van der Waals surface area contributed by atoms with Crippen LogP contribution in [0.15, 0.2) is 11.1 Å². The molecule has 0 radical (unpaired) electrons. The molecule has 0 aromatic heterocycles. The molecule has 130 valence electrons. The minimum Gasteiger partial charge on any atom is -0.416 e. The normalized spacial score (nSPS) is 19.8. The van der Waals surface area contributed by atoms with Gasteiger partial charge >= 0.3 is 0 Å². The summed E-state index contributed by atoms with van der Waals surface area (Å²) in [6.45, 7) is 12.2. The summed E-state index contributed by atoms with van der Waals surface area (Å²) in [6, 6.07) is 2.37. The van der Waals surface area contributed by atoms with E-state index in [2.05, 4.69) is 44.9 Å². The van der Waals surface area contributed by atoms with Gasteiger partial charge in [0.1, 0.15) is 0 Å². The van der Waals surface area contributed by atoms with Crippen LogP contribution >= 0.6 is 0 Å². The molecule has 0 aliphatic heterocycles. The maximum atomic E-state index is 11.0. The lowest BCUT2D eigenvalue weighted by Gasteiger charge is -2.37. The molecule has 0 bridgehead atoms. The van der Waals surface area contributed by atoms with Crippen LogP contribution in [0.5, 0.6) is 0 Å². The average molecular weight is 344 g/mol. The maximum absolute atomic E-state index is 11.0. The topological polar surface area (TPSA) is 38.7 Å². The summed E-state index contributed by atoms with van der Waals surface area (Å²) >= 11 is 0. The van der Waals surface area contributed by atoms with Crippen molar-refractivity contribution in [3.8, 4) is 0 Å². The van der Waals surface area contributed by atoms with Gasteiger partial charge in [-0.1, -0.05) is 26.8 Å². The second kappa shape index (κ2) is 6.25. The number of benzene rings is 1. The zero-order valence-corrected chi connectivity index (χ0v) is 16.7. The van der Waals surface area contributed by atoms with Gasteiger partial charge in [-0.15, -0.1) is 0 Å². The van der Waals surface area contributed by atoms with Crippen molar-refractivity contribution in [1.82, 2.24) is 0 Å². The van der Waals surface area contributed by atoms with Gasteiger partial charge in [-0.05, 0) is 72.5 Å². The lowest BCUT2D eigenvalue weighted by atomic mass is 9.94. The van der Waals surface area contributed by atoms with E-state index in [-0.39, 0.29) is 5.04 Å². The third kappa shape index (κ3) is 3.03. The van der Waals surface area contributed by atoms with Crippen LogP contribution in [0.2, 0.25) is 18.1 Å². The molecule has 0 N–H and O–H groups in total. The van der Waals surface area contributed by atoms with Crippen molar-refractivity contribution in [3.63, 3.8) is 0 Å². The molecule has 0 heterocycles. The Morgan fingerprint density at radius 1 is 1.25 bits per heavy atom. The summed E-state index contributed by atoms with van der Waals surface area (Å²) in [5, 5.41) is 0.218. The predicted octanol–water partition coefficient (Wildman–Crippen LogP) is 5.19. The van der Waals surface area contributed by atoms with Crippen molar-refractivity contribution in [3.05, 3.63) is 28.3 Å². The Hall–Kier alpha value is -1.22. The van der Waals surface area contributed by atoms with Crippen LogP contribution in [0, 0.1) is 0 Å². The fraction of sp³-hybridized carbons (Fsp3) is 0.650. The lowest BCUT2D eigenvalue weighted by Crippen LogP contribution is -2.41. The van der Waals surface area contributed by atoms with Gasteiger partial charge in [0.05, 0.1) is 5.69 Å². The molecule has 0 amide bonds. The van der Waals surface area contributed by atoms with Gasteiger partial charge in [0, 0.05) is 12.5 Å². The Morgan fingerprint density at radius 3 is 2.67 bits per heavy atom. The average Bonchev–Trinajstić information content (AvgIpc) is 3.10. The van der Waals surface area contributed by atoms with E-state index in [9.17, 15) is 4.79 Å². The Kier molecular flexibility index (Phi) is 4.58. The number of aryl methyl sites for hydroxylation is 2. The molecule has 0 unspecified atom stereocenters. The Labute approximate surface area is 146 Å². The first-order valence-electron chi connectivity index (χ1n) is 9.14. The number of hydrogen-bond donors (Lipinski definition) is 0. The van der Waals surface area contributed by atoms with Crippen molar-refractivity contribution in [1.29, 1.82) is 0 Å². The van der Waals surface area contributed by atoms with Gasteiger partial charge in [0.25, 0.3) is 0 Å². The highest BCUT2D eigenvalue weighted by atomic mass is 28.4. The van der Waals surface area contributed by atoms with E-state index in [1.807, 2.05) is 0 Å². The van der Waals surface area contributed by atoms with Crippen LogP contribution in [-0.2, 0) is 28.5 Å². The van der Waals surface area contributed by atoms with Crippen LogP contribution in [0.1, 0.15) is 61.8 Å². The lowest BCUT2D eigenvalue weighted by molar-refractivity contribution is 0.262. The second-order valence-electron chi connectivity index (χ2n) is 8.80. The van der Waals surface area contributed by atoms with Gasteiger partial charge in [-0.2, -0.15) is 4.99 Å². The third-order valence-electron chi connectivity index (χ3n) is 6.28. The van der Waals surface area contributed by atoms with Crippen molar-refractivity contribution in [2.45, 2.75) is 76.9 Å². The monoisotopic (exact) mass is 343 g/mol. The van der Waals surface area contributed by atoms with E-state index in [0.717, 1.165) is 38.0 Å². The first kappa shape index (κ1) is 17.6. The number of nitrogens with zero attached hydrogens (tertiary/aromatic N) is 1. The number of rotatable bonds is 4. The van der Waals surface area contributed by atoms with Crippen LogP contribution in [-0.4, -0.2) is 21.0 Å². The van der Waals surface area contributed by atoms with Gasteiger partial charge in [0.2, 0.25) is 6.08 Å². The van der Waals surface area contributed by atoms with Crippen LogP contribution in [0.25, 0.3) is 0 Å². The van der Waals surface area contributed by atoms with E-state index >= 15 is 0 Å². The summed E-state index contributed by atoms with van der Waals surface area (Å²) in [7, 11) is -1.76. The molecule has 3 rings (SSSR count). The summed E-state index contributed by atoms with van der Waals surface area (Å²) < 4.78 is 6.49. The third-order valence-corrected chi connectivity index (χ3v) is 10.8. The van der Waals surface area contributed by atoms with Crippen molar-refractivity contribution < 1.29 is 9.22 Å². The molecule has 3 nitrogen and oxygen atoms in total. The molecular formula is C20H29NO2Si. The summed E-state index contributed by atoms with van der Waals surface area (Å²) in [6.07, 6.45) is 7.32. The summed E-state index contributed by atoms with van der Waals surface area (Å²) in [5.74, 6) is 0.368. The van der Waals surface area contributed by atoms with Crippen molar-refractivity contribution in [2.24, 2.45) is 4.99 Å². The molecule has 24 heavy (non-hydrogen) atoms. The fourth-order valence-electron chi connectivity index (χ4n) is 3.80. The zero-order valence-electron chi connectivity index (χ0n) is 15.7. The quantitative estimate of drug-likeness (QED) is 0.428. The van der Waals surface area contributed by atoms with Crippen molar-refractivity contribution >= 4 is 20.1 Å². The van der Waals surface area contributed by atoms with Crippen LogP contribution in [0.4, 0.5) is 5.69 Å². The van der Waals surface area contributed by atoms with Gasteiger partial charge in [0.15, 0.2) is 8.32 Å². The number of aliphatic imine (C=N–C) groups is 1. The maximum Gasteiger partial charge on any atom is 0.240 e. The van der Waals surface area contributed by atoms with E-state index < -0.39 is 8.32 Å². The molecule has 2 aliphatic carbocycles. The fourth-order valence-corrected chi connectivity index (χ4v) is 4.85. The minimum absolute atomic E-state index is 0.218. The van der Waals surface area contributed by atoms with E-state index in [1.165, 1.54) is 28.7 Å². The van der Waals surface area contributed by atoms with E-state index in [1.54, 1.807) is 6.08 Å². The highest BCUT2D eigenvalue weighted by molar-refractivity contribution is 6.74. The van der Waals surface area contributed by atoms with Gasteiger partial charge < -0.3 is 4.43 Å². The van der Waals surface area contributed by atoms with Gasteiger partial charge in [-0.25, -0.2) is 4.79 Å². The molecular weight excluding hydrogens is 314 g/mol. The molecule has 2 aliphatic rings. The molecule has 0 fully saturated rings. The van der Waals surface area contributed by atoms with Crippen molar-refractivity contribution in [2.75, 3.05) is 6.61 Å². The molecule has 0 saturated heterocycles. The van der Waals surface area contributed by atoms with E-state index in [4.69, 9.17) is 4.43 Å². The Bertz CT molecular complexity index is 697. The Balaban J connectivity index is 1.91. The molecule has 1 atom stereocenters. The molecule has 0 spiro atoms. The molecule has 0 saturated carbocycles. The van der Waals surface area contributed by atoms with Gasteiger partial charge in [-0.3, -0.25) is 0 Å². The van der Waals surface area contributed by atoms with Crippen LogP contribution < -0.4 is 0 Å². The highest BCUT2D eigenvalue weighted by Gasteiger charge is 2.39. The largest absolute Gasteiger partial charge is 0.416 e.